The average Bonchev–Trinajstić information content (AvgIpc) is 2.82. The van der Waals surface area contributed by atoms with Crippen molar-refractivity contribution in [2.24, 2.45) is 0 Å². The van der Waals surface area contributed by atoms with E-state index in [9.17, 15) is 4.79 Å². The van der Waals surface area contributed by atoms with E-state index in [2.05, 4.69) is 65.3 Å². The van der Waals surface area contributed by atoms with E-state index in [-0.39, 0.29) is 5.91 Å². The summed E-state index contributed by atoms with van der Waals surface area (Å²) >= 11 is 0. The van der Waals surface area contributed by atoms with E-state index in [1.54, 1.807) is 0 Å². The number of carbonyl (C=O) groups is 1. The zero-order valence-corrected chi connectivity index (χ0v) is 18.4. The highest BCUT2D eigenvalue weighted by Crippen LogP contribution is 2.24. The Kier molecular flexibility index (Phi) is 6.60. The van der Waals surface area contributed by atoms with Gasteiger partial charge in [0.1, 0.15) is 0 Å². The van der Waals surface area contributed by atoms with Crippen LogP contribution < -0.4 is 4.90 Å². The summed E-state index contributed by atoms with van der Waals surface area (Å²) < 4.78 is 0. The number of benzene rings is 2. The molecule has 31 heavy (non-hydrogen) atoms. The zero-order chi connectivity index (χ0) is 21.6. The second-order valence-corrected chi connectivity index (χ2v) is 8.24. The topological polar surface area (TPSA) is 49.3 Å². The lowest BCUT2D eigenvalue weighted by Gasteiger charge is -2.36. The first kappa shape index (κ1) is 21.0. The van der Waals surface area contributed by atoms with Crippen LogP contribution in [0.1, 0.15) is 34.4 Å². The third-order valence-electron chi connectivity index (χ3n) is 6.21. The van der Waals surface area contributed by atoms with Gasteiger partial charge in [-0.3, -0.25) is 4.79 Å². The molecule has 3 aromatic rings. The molecule has 5 nitrogen and oxygen atoms in total. The van der Waals surface area contributed by atoms with E-state index in [4.69, 9.17) is 0 Å². The summed E-state index contributed by atoms with van der Waals surface area (Å²) in [5, 5.41) is 9.13. The molecule has 0 aliphatic carbocycles. The number of rotatable bonds is 6. The molecule has 0 spiro atoms. The van der Waals surface area contributed by atoms with Gasteiger partial charge in [0, 0.05) is 39.0 Å². The number of aromatic nitrogens is 2. The van der Waals surface area contributed by atoms with Crippen molar-refractivity contribution in [1.29, 1.82) is 0 Å². The van der Waals surface area contributed by atoms with Gasteiger partial charge in [-0.05, 0) is 42.5 Å². The Bertz CT molecular complexity index is 1010. The fraction of sp³-hybridized carbons (Fsp3) is 0.346. The summed E-state index contributed by atoms with van der Waals surface area (Å²) in [5.74, 6) is 1.19. The van der Waals surface area contributed by atoms with Crippen LogP contribution >= 0.6 is 0 Å². The Morgan fingerprint density at radius 2 is 1.42 bits per heavy atom. The molecule has 0 N–H and O–H groups in total. The van der Waals surface area contributed by atoms with Gasteiger partial charge in [-0.2, -0.15) is 5.10 Å². The number of anilines is 1. The third kappa shape index (κ3) is 5.10. The molecular formula is C26H30N4O. The van der Waals surface area contributed by atoms with E-state index in [1.165, 1.54) is 22.3 Å². The Morgan fingerprint density at radius 3 is 2.06 bits per heavy atom. The van der Waals surface area contributed by atoms with Gasteiger partial charge in [0.15, 0.2) is 5.82 Å². The first-order valence-electron chi connectivity index (χ1n) is 11.0. The van der Waals surface area contributed by atoms with Crippen LogP contribution in [0.5, 0.6) is 0 Å². The highest BCUT2D eigenvalue weighted by atomic mass is 16.2. The second-order valence-electron chi connectivity index (χ2n) is 8.24. The molecule has 0 saturated carbocycles. The standard InChI is InChI=1S/C26H30N4O/c1-20-21(2)26(28-27-24(20)19-23-11-7-4-8-12-23)30-17-15-29(16-18-30)25(31)14-13-22-9-5-3-6-10-22/h3-12H,13-19H2,1-2H3. The fourth-order valence-corrected chi connectivity index (χ4v) is 4.12. The largest absolute Gasteiger partial charge is 0.351 e. The Balaban J connectivity index is 1.35. The monoisotopic (exact) mass is 414 g/mol. The van der Waals surface area contributed by atoms with Crippen LogP contribution in [0.4, 0.5) is 5.82 Å². The smallest absolute Gasteiger partial charge is 0.223 e. The predicted octanol–water partition coefficient (Wildman–Crippen LogP) is 3.97. The second kappa shape index (κ2) is 9.73. The molecule has 0 atom stereocenters. The summed E-state index contributed by atoms with van der Waals surface area (Å²) in [6, 6.07) is 20.6. The van der Waals surface area contributed by atoms with Gasteiger partial charge < -0.3 is 9.80 Å². The summed E-state index contributed by atoms with van der Waals surface area (Å²) in [7, 11) is 0. The van der Waals surface area contributed by atoms with E-state index in [0.717, 1.165) is 50.5 Å². The minimum atomic E-state index is 0.237. The maximum absolute atomic E-state index is 12.6. The molecule has 160 valence electrons. The van der Waals surface area contributed by atoms with Crippen molar-refractivity contribution in [3.05, 3.63) is 88.6 Å². The Labute approximate surface area is 184 Å². The molecule has 1 aromatic heterocycles. The van der Waals surface area contributed by atoms with Crippen LogP contribution in [0.2, 0.25) is 0 Å². The SMILES string of the molecule is Cc1c(Cc2ccccc2)nnc(N2CCN(C(=O)CCc3ccccc3)CC2)c1C. The van der Waals surface area contributed by atoms with Crippen molar-refractivity contribution < 1.29 is 4.79 Å². The molecule has 2 heterocycles. The number of carbonyl (C=O) groups excluding carboxylic acids is 1. The summed E-state index contributed by atoms with van der Waals surface area (Å²) in [6.07, 6.45) is 2.16. The molecule has 4 rings (SSSR count). The van der Waals surface area contributed by atoms with Gasteiger partial charge in [0.05, 0.1) is 5.69 Å². The van der Waals surface area contributed by atoms with E-state index in [1.807, 2.05) is 29.2 Å². The van der Waals surface area contributed by atoms with Gasteiger partial charge in [-0.25, -0.2) is 0 Å². The first-order chi connectivity index (χ1) is 15.1. The van der Waals surface area contributed by atoms with Crippen molar-refractivity contribution in [3.63, 3.8) is 0 Å². The number of aryl methyl sites for hydroxylation is 1. The Morgan fingerprint density at radius 1 is 0.806 bits per heavy atom. The molecule has 1 aliphatic rings. The van der Waals surface area contributed by atoms with Crippen LogP contribution in [0.15, 0.2) is 60.7 Å². The molecule has 1 saturated heterocycles. The van der Waals surface area contributed by atoms with Crippen molar-refractivity contribution in [2.75, 3.05) is 31.1 Å². The maximum Gasteiger partial charge on any atom is 0.223 e. The van der Waals surface area contributed by atoms with E-state index < -0.39 is 0 Å². The molecular weight excluding hydrogens is 384 g/mol. The van der Waals surface area contributed by atoms with Crippen LogP contribution in [-0.4, -0.2) is 47.2 Å². The van der Waals surface area contributed by atoms with Gasteiger partial charge in [-0.1, -0.05) is 60.7 Å². The van der Waals surface area contributed by atoms with Crippen molar-refractivity contribution in [3.8, 4) is 0 Å². The zero-order valence-electron chi connectivity index (χ0n) is 18.4. The molecule has 5 heteroatoms. The number of hydrogen-bond acceptors (Lipinski definition) is 4. The van der Waals surface area contributed by atoms with Crippen LogP contribution in [0.3, 0.4) is 0 Å². The third-order valence-corrected chi connectivity index (χ3v) is 6.21. The van der Waals surface area contributed by atoms with Crippen LogP contribution in [0.25, 0.3) is 0 Å². The van der Waals surface area contributed by atoms with Crippen molar-refractivity contribution in [1.82, 2.24) is 15.1 Å². The molecule has 1 amide bonds. The molecule has 0 unspecified atom stereocenters. The number of nitrogens with zero attached hydrogens (tertiary/aromatic N) is 4. The number of hydrogen-bond donors (Lipinski definition) is 0. The summed E-state index contributed by atoms with van der Waals surface area (Å²) in [4.78, 5) is 16.9. The number of amides is 1. The molecule has 0 radical (unpaired) electrons. The normalized spacial score (nSPS) is 14.0. The van der Waals surface area contributed by atoms with Gasteiger partial charge in [0.2, 0.25) is 5.91 Å². The van der Waals surface area contributed by atoms with Crippen molar-refractivity contribution in [2.45, 2.75) is 33.1 Å². The average molecular weight is 415 g/mol. The molecule has 0 bridgehead atoms. The highest BCUT2D eigenvalue weighted by molar-refractivity contribution is 5.76. The minimum Gasteiger partial charge on any atom is -0.351 e. The van der Waals surface area contributed by atoms with Crippen molar-refractivity contribution >= 4 is 11.7 Å². The van der Waals surface area contributed by atoms with Gasteiger partial charge >= 0.3 is 0 Å². The van der Waals surface area contributed by atoms with Crippen LogP contribution in [0, 0.1) is 13.8 Å². The van der Waals surface area contributed by atoms with Gasteiger partial charge in [-0.15, -0.1) is 5.10 Å². The molecule has 1 aliphatic heterocycles. The lowest BCUT2D eigenvalue weighted by atomic mass is 10.0. The lowest BCUT2D eigenvalue weighted by molar-refractivity contribution is -0.131. The van der Waals surface area contributed by atoms with E-state index in [0.29, 0.717) is 6.42 Å². The highest BCUT2D eigenvalue weighted by Gasteiger charge is 2.24. The minimum absolute atomic E-state index is 0.237. The van der Waals surface area contributed by atoms with Crippen LogP contribution in [-0.2, 0) is 17.6 Å². The summed E-state index contributed by atoms with van der Waals surface area (Å²) in [5.41, 5.74) is 5.88. The summed E-state index contributed by atoms with van der Waals surface area (Å²) in [6.45, 7) is 7.33. The fourth-order valence-electron chi connectivity index (χ4n) is 4.12. The maximum atomic E-state index is 12.6. The lowest BCUT2D eigenvalue weighted by Crippen LogP contribution is -2.49. The predicted molar refractivity (Wildman–Crippen MR) is 124 cm³/mol. The van der Waals surface area contributed by atoms with Gasteiger partial charge in [0.25, 0.3) is 0 Å². The molecule has 2 aromatic carbocycles. The van der Waals surface area contributed by atoms with E-state index >= 15 is 0 Å². The number of piperazine rings is 1. The Hall–Kier alpha value is -3.21. The first-order valence-corrected chi connectivity index (χ1v) is 11.0. The molecule has 1 fully saturated rings. The quantitative estimate of drug-likeness (QED) is 0.613.